The maximum atomic E-state index is 14.7. The van der Waals surface area contributed by atoms with Gasteiger partial charge >= 0.3 is 0 Å². The molecule has 2 bridgehead atoms. The van der Waals surface area contributed by atoms with Crippen molar-refractivity contribution in [3.8, 4) is 0 Å². The highest BCUT2D eigenvalue weighted by Gasteiger charge is 2.60. The standard InChI is InChI=1S/C15H24FOP.C7H16.C4H10/c1-5-14-6-12(3,16)7-15(10-14,11(2)17)9-13(4,18)8-14;1-4-5-6-7(2)3;1-3-4-2/h5H,1,6-10,18H2,2-4H3;7H,4-6H2,1-3H3;3-4H2,1-2H3. The zero-order valence-corrected chi connectivity index (χ0v) is 22.0. The molecule has 0 radical (unpaired) electrons. The molecule has 0 heterocycles. The number of alkyl halides is 1. The molecule has 2 aliphatic carbocycles. The van der Waals surface area contributed by atoms with E-state index in [1.807, 2.05) is 6.08 Å². The molecule has 0 aromatic heterocycles. The molecule has 0 N–H and O–H groups in total. The van der Waals surface area contributed by atoms with E-state index in [2.05, 4.69) is 57.4 Å². The summed E-state index contributed by atoms with van der Waals surface area (Å²) in [5.74, 6) is 1.05. The van der Waals surface area contributed by atoms with Gasteiger partial charge in [-0.25, -0.2) is 4.39 Å². The Morgan fingerprint density at radius 3 is 1.93 bits per heavy atom. The second kappa shape index (κ2) is 12.0. The molecule has 2 saturated carbocycles. The van der Waals surface area contributed by atoms with E-state index in [9.17, 15) is 9.18 Å². The monoisotopic (exact) mass is 428 g/mol. The van der Waals surface area contributed by atoms with Crippen LogP contribution < -0.4 is 0 Å². The van der Waals surface area contributed by atoms with Crippen molar-refractivity contribution in [2.75, 3.05) is 0 Å². The fraction of sp³-hybridized carbons (Fsp3) is 0.885. The molecule has 3 heteroatoms. The summed E-state index contributed by atoms with van der Waals surface area (Å²) in [6, 6.07) is 0. The zero-order valence-electron chi connectivity index (χ0n) is 20.8. The van der Waals surface area contributed by atoms with Crippen molar-refractivity contribution < 1.29 is 9.18 Å². The van der Waals surface area contributed by atoms with Crippen LogP contribution in [0, 0.1) is 16.7 Å². The SMILES string of the molecule is C=CC12CC(C)(F)CC(C(C)=O)(CC(C)(P)C1)C2.CCCC.CCCCC(C)C. The number of carbonyl (C=O) groups excluding carboxylic acids is 1. The number of Topliss-reactive ketones (excluding diaryl/α,β-unsaturated/α-hetero) is 1. The van der Waals surface area contributed by atoms with E-state index in [0.29, 0.717) is 12.8 Å². The number of ketones is 1. The first-order chi connectivity index (χ1) is 13.2. The van der Waals surface area contributed by atoms with E-state index in [0.717, 1.165) is 25.2 Å². The zero-order chi connectivity index (χ0) is 22.9. The van der Waals surface area contributed by atoms with Crippen LogP contribution in [0.25, 0.3) is 0 Å². The summed E-state index contributed by atoms with van der Waals surface area (Å²) >= 11 is 0. The second-order valence-electron chi connectivity index (χ2n) is 10.9. The average molecular weight is 429 g/mol. The van der Waals surface area contributed by atoms with Crippen molar-refractivity contribution >= 4 is 15.0 Å². The van der Waals surface area contributed by atoms with Gasteiger partial charge in [0.05, 0.1) is 0 Å². The van der Waals surface area contributed by atoms with Gasteiger partial charge in [0.25, 0.3) is 0 Å². The van der Waals surface area contributed by atoms with E-state index < -0.39 is 11.1 Å². The van der Waals surface area contributed by atoms with Gasteiger partial charge in [-0.3, -0.25) is 4.79 Å². The Labute approximate surface area is 184 Å². The lowest BCUT2D eigenvalue weighted by molar-refractivity contribution is -0.143. The van der Waals surface area contributed by atoms with E-state index in [-0.39, 0.29) is 16.4 Å². The van der Waals surface area contributed by atoms with Gasteiger partial charge in [-0.05, 0) is 62.4 Å². The van der Waals surface area contributed by atoms with Crippen molar-refractivity contribution in [1.82, 2.24) is 0 Å². The van der Waals surface area contributed by atoms with Crippen LogP contribution in [-0.2, 0) is 4.79 Å². The molecule has 0 aromatic rings. The Balaban J connectivity index is 0.000000594. The summed E-state index contributed by atoms with van der Waals surface area (Å²) in [7, 11) is 2.88. The Hall–Kier alpha value is -0.230. The largest absolute Gasteiger partial charge is 0.299 e. The van der Waals surface area contributed by atoms with E-state index >= 15 is 0 Å². The molecule has 1 nitrogen and oxygen atoms in total. The Bertz CT molecular complexity index is 485. The number of fused-ring (bicyclic) bond motifs is 2. The van der Waals surface area contributed by atoms with Gasteiger partial charge < -0.3 is 0 Å². The highest BCUT2D eigenvalue weighted by atomic mass is 31.0. The van der Waals surface area contributed by atoms with E-state index in [4.69, 9.17) is 0 Å². The number of carbonyl (C=O) groups is 1. The molecule has 29 heavy (non-hydrogen) atoms. The maximum absolute atomic E-state index is 14.7. The lowest BCUT2D eigenvalue weighted by Gasteiger charge is -2.58. The van der Waals surface area contributed by atoms with Gasteiger partial charge in [0, 0.05) is 5.41 Å². The van der Waals surface area contributed by atoms with Crippen molar-refractivity contribution in [2.45, 2.75) is 130 Å². The van der Waals surface area contributed by atoms with Crippen LogP contribution in [0.4, 0.5) is 4.39 Å². The quantitative estimate of drug-likeness (QED) is 0.305. The van der Waals surface area contributed by atoms with E-state index in [1.54, 1.807) is 13.8 Å². The van der Waals surface area contributed by atoms with Crippen LogP contribution in [0.5, 0.6) is 0 Å². The van der Waals surface area contributed by atoms with Crippen molar-refractivity contribution in [3.63, 3.8) is 0 Å². The normalized spacial score (nSPS) is 35.7. The molecule has 5 unspecified atom stereocenters. The molecular weight excluding hydrogens is 378 g/mol. The molecule has 0 spiro atoms. The van der Waals surface area contributed by atoms with Crippen molar-refractivity contribution in [1.29, 1.82) is 0 Å². The Kier molecular flexibility index (Phi) is 11.9. The molecule has 0 aliphatic heterocycles. The van der Waals surface area contributed by atoms with Crippen LogP contribution in [0.1, 0.15) is 120 Å². The van der Waals surface area contributed by atoms with Gasteiger partial charge in [0.15, 0.2) is 0 Å². The third-order valence-electron chi connectivity index (χ3n) is 6.43. The summed E-state index contributed by atoms with van der Waals surface area (Å²) in [6.45, 7) is 20.5. The van der Waals surface area contributed by atoms with Crippen LogP contribution in [0.2, 0.25) is 0 Å². The minimum atomic E-state index is -1.25. The van der Waals surface area contributed by atoms with Crippen molar-refractivity contribution in [2.24, 2.45) is 16.7 Å². The smallest absolute Gasteiger partial charge is 0.136 e. The van der Waals surface area contributed by atoms with Gasteiger partial charge in [0.1, 0.15) is 11.5 Å². The minimum absolute atomic E-state index is 0.00854. The van der Waals surface area contributed by atoms with Crippen LogP contribution >= 0.6 is 9.24 Å². The third kappa shape index (κ3) is 9.63. The van der Waals surface area contributed by atoms with Crippen molar-refractivity contribution in [3.05, 3.63) is 12.7 Å². The molecule has 0 saturated heterocycles. The predicted molar refractivity (Wildman–Crippen MR) is 131 cm³/mol. The summed E-state index contributed by atoms with van der Waals surface area (Å²) in [5, 5.41) is 0.00854. The highest BCUT2D eigenvalue weighted by Crippen LogP contribution is 2.64. The first-order valence-corrected chi connectivity index (χ1v) is 12.4. The molecule has 2 fully saturated rings. The molecule has 2 rings (SSSR count). The highest BCUT2D eigenvalue weighted by molar-refractivity contribution is 7.18. The summed E-state index contributed by atoms with van der Waals surface area (Å²) in [5.41, 5.74) is -1.97. The maximum Gasteiger partial charge on any atom is 0.136 e. The number of hydrogen-bond donors (Lipinski definition) is 0. The topological polar surface area (TPSA) is 17.1 Å². The average Bonchev–Trinajstić information content (AvgIpc) is 2.57. The number of unbranched alkanes of at least 4 members (excludes halogenated alkanes) is 2. The lowest BCUT2D eigenvalue weighted by atomic mass is 9.48. The molecule has 5 atom stereocenters. The fourth-order valence-electron chi connectivity index (χ4n) is 5.39. The first kappa shape index (κ1) is 28.8. The molecule has 0 amide bonds. The Morgan fingerprint density at radius 2 is 1.59 bits per heavy atom. The predicted octanol–water partition coefficient (Wildman–Crippen LogP) is 8.71. The minimum Gasteiger partial charge on any atom is -0.299 e. The fourth-order valence-corrected chi connectivity index (χ4v) is 6.19. The van der Waals surface area contributed by atoms with Crippen LogP contribution in [0.15, 0.2) is 12.7 Å². The molecule has 2 aliphatic rings. The lowest BCUT2D eigenvalue weighted by Crippen LogP contribution is -2.56. The van der Waals surface area contributed by atoms with E-state index in [1.165, 1.54) is 32.1 Å². The summed E-state index contributed by atoms with van der Waals surface area (Å²) < 4.78 is 14.7. The molecular formula is C26H50FOP. The number of halogens is 1. The number of hydrogen-bond acceptors (Lipinski definition) is 1. The Morgan fingerprint density at radius 1 is 1.03 bits per heavy atom. The molecule has 0 aromatic carbocycles. The summed E-state index contributed by atoms with van der Waals surface area (Å²) in [6.07, 6.45) is 12.0. The van der Waals surface area contributed by atoms with Crippen LogP contribution in [-0.4, -0.2) is 16.6 Å². The van der Waals surface area contributed by atoms with Gasteiger partial charge in [-0.1, -0.05) is 79.7 Å². The second-order valence-corrected chi connectivity index (χ2v) is 12.3. The van der Waals surface area contributed by atoms with Gasteiger partial charge in [-0.2, -0.15) is 0 Å². The molecule has 172 valence electrons. The third-order valence-corrected chi connectivity index (χ3v) is 6.84. The number of allylic oxidation sites excluding steroid dienone is 1. The van der Waals surface area contributed by atoms with Gasteiger partial charge in [0.2, 0.25) is 0 Å². The van der Waals surface area contributed by atoms with Crippen LogP contribution in [0.3, 0.4) is 0 Å². The first-order valence-electron chi connectivity index (χ1n) is 11.8. The van der Waals surface area contributed by atoms with Gasteiger partial charge in [-0.15, -0.1) is 15.8 Å². The summed E-state index contributed by atoms with van der Waals surface area (Å²) in [4.78, 5) is 12.2. The number of rotatable bonds is 6.